The number of hydrogen-bond donors (Lipinski definition) is 2. The van der Waals surface area contributed by atoms with E-state index < -0.39 is 6.10 Å². The lowest BCUT2D eigenvalue weighted by Crippen LogP contribution is -2.33. The van der Waals surface area contributed by atoms with Crippen molar-refractivity contribution in [2.75, 3.05) is 13.2 Å². The lowest BCUT2D eigenvalue weighted by Gasteiger charge is -2.21. The summed E-state index contributed by atoms with van der Waals surface area (Å²) in [4.78, 5) is 0. The highest BCUT2D eigenvalue weighted by molar-refractivity contribution is 5.28. The Morgan fingerprint density at radius 1 is 1.14 bits per heavy atom. The first-order valence-electron chi connectivity index (χ1n) is 7.98. The van der Waals surface area contributed by atoms with Crippen molar-refractivity contribution in [1.82, 2.24) is 5.32 Å². The number of aliphatic hydroxyl groups excluding tert-OH is 1. The van der Waals surface area contributed by atoms with Gasteiger partial charge in [0.2, 0.25) is 0 Å². The molecule has 0 radical (unpaired) electrons. The van der Waals surface area contributed by atoms with Gasteiger partial charge in [-0.1, -0.05) is 38.1 Å². The number of hydrogen-bond acceptors (Lipinski definition) is 3. The van der Waals surface area contributed by atoms with Crippen LogP contribution in [0.1, 0.15) is 51.3 Å². The second-order valence-corrected chi connectivity index (χ2v) is 6.41. The van der Waals surface area contributed by atoms with Gasteiger partial charge in [0, 0.05) is 12.6 Å². The van der Waals surface area contributed by atoms with Gasteiger partial charge < -0.3 is 15.2 Å². The molecule has 0 heterocycles. The van der Waals surface area contributed by atoms with Crippen molar-refractivity contribution in [3.05, 3.63) is 35.4 Å². The molecule has 0 fully saturated rings. The van der Waals surface area contributed by atoms with E-state index in [0.717, 1.165) is 6.42 Å². The fourth-order valence-corrected chi connectivity index (χ4v) is 2.56. The molecule has 1 aromatic carbocycles. The number of aliphatic hydroxyl groups is 1. The summed E-state index contributed by atoms with van der Waals surface area (Å²) < 4.78 is 5.69. The summed E-state index contributed by atoms with van der Waals surface area (Å²) in [6, 6.07) is 8.56. The third kappa shape index (κ3) is 7.07. The topological polar surface area (TPSA) is 41.5 Å². The van der Waals surface area contributed by atoms with Gasteiger partial charge in [-0.2, -0.15) is 0 Å². The minimum absolute atomic E-state index is 0.202. The summed E-state index contributed by atoms with van der Waals surface area (Å²) in [5, 5.41) is 13.4. The average Bonchev–Trinajstić information content (AvgIpc) is 2.42. The fraction of sp³-hybridized carbons (Fsp3) is 0.667. The molecular weight excluding hydrogens is 262 g/mol. The Morgan fingerprint density at radius 3 is 2.43 bits per heavy atom. The molecule has 0 saturated heterocycles. The van der Waals surface area contributed by atoms with Gasteiger partial charge in [0.15, 0.2) is 0 Å². The molecule has 0 saturated carbocycles. The number of rotatable bonds is 9. The van der Waals surface area contributed by atoms with Crippen molar-refractivity contribution in [3.8, 4) is 0 Å². The molecule has 0 aliphatic rings. The molecule has 0 amide bonds. The van der Waals surface area contributed by atoms with Crippen molar-refractivity contribution in [1.29, 1.82) is 0 Å². The predicted molar refractivity (Wildman–Crippen MR) is 88.5 cm³/mol. The molecule has 21 heavy (non-hydrogen) atoms. The highest BCUT2D eigenvalue weighted by atomic mass is 16.5. The zero-order valence-electron chi connectivity index (χ0n) is 14.1. The van der Waals surface area contributed by atoms with E-state index in [-0.39, 0.29) is 12.1 Å². The minimum atomic E-state index is -0.467. The molecule has 0 aromatic heterocycles. The van der Waals surface area contributed by atoms with E-state index in [1.807, 2.05) is 12.1 Å². The molecule has 3 atom stereocenters. The van der Waals surface area contributed by atoms with E-state index in [0.29, 0.717) is 19.1 Å². The molecule has 3 heteroatoms. The van der Waals surface area contributed by atoms with E-state index >= 15 is 0 Å². The number of ether oxygens (including phenoxy) is 1. The van der Waals surface area contributed by atoms with Gasteiger partial charge in [-0.25, -0.2) is 0 Å². The first-order chi connectivity index (χ1) is 9.90. The Morgan fingerprint density at radius 2 is 1.81 bits per heavy atom. The van der Waals surface area contributed by atoms with Gasteiger partial charge >= 0.3 is 0 Å². The molecular formula is C18H31NO2. The van der Waals surface area contributed by atoms with Crippen molar-refractivity contribution >= 4 is 0 Å². The maximum Gasteiger partial charge on any atom is 0.0898 e. The van der Waals surface area contributed by atoms with Gasteiger partial charge in [0.05, 0.1) is 18.8 Å². The number of aryl methyl sites for hydroxylation is 1. The summed E-state index contributed by atoms with van der Waals surface area (Å²) in [6.07, 6.45) is 0.763. The summed E-state index contributed by atoms with van der Waals surface area (Å²) in [5.74, 6) is 0.622. The van der Waals surface area contributed by atoms with Gasteiger partial charge in [-0.3, -0.25) is 0 Å². The Kier molecular flexibility index (Phi) is 7.94. The van der Waals surface area contributed by atoms with Crippen LogP contribution >= 0.6 is 0 Å². The third-order valence-corrected chi connectivity index (χ3v) is 3.69. The predicted octanol–water partition coefficient (Wildman–Crippen LogP) is 3.46. The SMILES string of the molecule is Cc1ccccc1[C@H](C)NCC(O)COC(C)CC(C)C. The van der Waals surface area contributed by atoms with Crippen molar-refractivity contribution in [2.45, 2.75) is 59.3 Å². The summed E-state index contributed by atoms with van der Waals surface area (Å²) in [5.41, 5.74) is 2.55. The molecule has 2 N–H and O–H groups in total. The van der Waals surface area contributed by atoms with Crippen molar-refractivity contribution in [3.63, 3.8) is 0 Å². The smallest absolute Gasteiger partial charge is 0.0898 e. The number of nitrogens with one attached hydrogen (secondary N) is 1. The van der Waals surface area contributed by atoms with E-state index in [1.54, 1.807) is 0 Å². The van der Waals surface area contributed by atoms with E-state index in [4.69, 9.17) is 4.74 Å². The van der Waals surface area contributed by atoms with Crippen LogP contribution in [-0.4, -0.2) is 30.5 Å². The Bertz CT molecular complexity index is 406. The van der Waals surface area contributed by atoms with Crippen LogP contribution in [0.3, 0.4) is 0 Å². The molecule has 2 unspecified atom stereocenters. The Balaban J connectivity index is 2.29. The van der Waals surface area contributed by atoms with Crippen LogP contribution in [0.5, 0.6) is 0 Å². The summed E-state index contributed by atoms with van der Waals surface area (Å²) in [7, 11) is 0. The first kappa shape index (κ1) is 18.1. The maximum absolute atomic E-state index is 10.0. The lowest BCUT2D eigenvalue weighted by atomic mass is 10.0. The van der Waals surface area contributed by atoms with Gasteiger partial charge in [-0.05, 0) is 44.2 Å². The highest BCUT2D eigenvalue weighted by Crippen LogP contribution is 2.16. The van der Waals surface area contributed by atoms with Crippen molar-refractivity contribution in [2.24, 2.45) is 5.92 Å². The van der Waals surface area contributed by atoms with E-state index in [1.165, 1.54) is 11.1 Å². The second-order valence-electron chi connectivity index (χ2n) is 6.41. The van der Waals surface area contributed by atoms with Crippen LogP contribution in [0.25, 0.3) is 0 Å². The van der Waals surface area contributed by atoms with Crippen LogP contribution in [0.15, 0.2) is 24.3 Å². The van der Waals surface area contributed by atoms with Crippen LogP contribution < -0.4 is 5.32 Å². The van der Waals surface area contributed by atoms with Crippen molar-refractivity contribution < 1.29 is 9.84 Å². The standard InChI is InChI=1S/C18H31NO2/c1-13(2)10-15(4)21-12-17(20)11-19-16(5)18-9-7-6-8-14(18)3/h6-9,13,15-17,19-20H,10-12H2,1-5H3/t15?,16-,17?/m0/s1. The highest BCUT2D eigenvalue weighted by Gasteiger charge is 2.12. The summed E-state index contributed by atoms with van der Waals surface area (Å²) >= 11 is 0. The molecule has 3 nitrogen and oxygen atoms in total. The maximum atomic E-state index is 10.0. The van der Waals surface area contributed by atoms with E-state index in [9.17, 15) is 5.11 Å². The molecule has 0 aliphatic heterocycles. The quantitative estimate of drug-likeness (QED) is 0.732. The van der Waals surface area contributed by atoms with Crippen LogP contribution in [0.2, 0.25) is 0 Å². The number of benzene rings is 1. The molecule has 0 bridgehead atoms. The fourth-order valence-electron chi connectivity index (χ4n) is 2.56. The van der Waals surface area contributed by atoms with Gasteiger partial charge in [0.25, 0.3) is 0 Å². The second kappa shape index (κ2) is 9.19. The van der Waals surface area contributed by atoms with Gasteiger partial charge in [-0.15, -0.1) is 0 Å². The van der Waals surface area contributed by atoms with Crippen LogP contribution in [0, 0.1) is 12.8 Å². The summed E-state index contributed by atoms with van der Waals surface area (Å²) in [6.45, 7) is 11.6. The molecule has 0 aliphatic carbocycles. The first-order valence-corrected chi connectivity index (χ1v) is 7.98. The van der Waals surface area contributed by atoms with Crippen LogP contribution in [-0.2, 0) is 4.74 Å². The molecule has 120 valence electrons. The molecule has 1 rings (SSSR count). The Labute approximate surface area is 129 Å². The molecule has 0 spiro atoms. The minimum Gasteiger partial charge on any atom is -0.389 e. The largest absolute Gasteiger partial charge is 0.389 e. The zero-order chi connectivity index (χ0) is 15.8. The lowest BCUT2D eigenvalue weighted by molar-refractivity contribution is -0.00914. The van der Waals surface area contributed by atoms with E-state index in [2.05, 4.69) is 52.1 Å². The Hall–Kier alpha value is -0.900. The normalized spacial score (nSPS) is 16.0. The zero-order valence-corrected chi connectivity index (χ0v) is 14.1. The monoisotopic (exact) mass is 293 g/mol. The van der Waals surface area contributed by atoms with Gasteiger partial charge in [0.1, 0.15) is 0 Å². The third-order valence-electron chi connectivity index (χ3n) is 3.69. The average molecular weight is 293 g/mol. The van der Waals surface area contributed by atoms with Crippen LogP contribution in [0.4, 0.5) is 0 Å². The molecule has 1 aromatic rings.